The quantitative estimate of drug-likeness (QED) is 0.807. The van der Waals surface area contributed by atoms with Gasteiger partial charge in [-0.3, -0.25) is 0 Å². The first-order valence-electron chi connectivity index (χ1n) is 8.31. The maximum absolute atomic E-state index is 6.26. The summed E-state index contributed by atoms with van der Waals surface area (Å²) >= 11 is 0. The molecule has 0 aliphatic carbocycles. The lowest BCUT2D eigenvalue weighted by molar-refractivity contribution is -0.352. The third-order valence-corrected chi connectivity index (χ3v) is 4.09. The molecule has 22 heavy (non-hydrogen) atoms. The third kappa shape index (κ3) is 4.31. The molecule has 1 aromatic carbocycles. The number of hydrogen-bond acceptors (Lipinski definition) is 3. The van der Waals surface area contributed by atoms with Gasteiger partial charge in [-0.15, -0.1) is 0 Å². The molecule has 0 saturated carbocycles. The van der Waals surface area contributed by atoms with Gasteiger partial charge in [0, 0.05) is 0 Å². The Morgan fingerprint density at radius 2 is 1.45 bits per heavy atom. The molecule has 2 rings (SSSR count). The second kappa shape index (κ2) is 7.12. The van der Waals surface area contributed by atoms with E-state index in [1.54, 1.807) is 0 Å². The van der Waals surface area contributed by atoms with Gasteiger partial charge in [0.25, 0.3) is 0 Å². The molecule has 3 atom stereocenters. The Labute approximate surface area is 135 Å². The zero-order chi connectivity index (χ0) is 16.3. The molecule has 1 unspecified atom stereocenters. The zero-order valence-electron chi connectivity index (χ0n) is 14.7. The molecule has 0 amide bonds. The molecule has 1 saturated heterocycles. The van der Waals surface area contributed by atoms with E-state index < -0.39 is 5.79 Å². The smallest absolute Gasteiger partial charge is 0.163 e. The van der Waals surface area contributed by atoms with Crippen LogP contribution in [0.3, 0.4) is 0 Å². The molecule has 0 N–H and O–H groups in total. The fraction of sp³-hybridized carbons (Fsp3) is 0.684. The molecular weight excluding hydrogens is 276 g/mol. The maximum atomic E-state index is 6.26. The monoisotopic (exact) mass is 306 g/mol. The van der Waals surface area contributed by atoms with Crippen LogP contribution in [0, 0.1) is 11.8 Å². The average Bonchev–Trinajstić information content (AvgIpc) is 2.45. The minimum Gasteiger partial charge on any atom is -0.368 e. The van der Waals surface area contributed by atoms with Gasteiger partial charge in [0.2, 0.25) is 0 Å². The van der Waals surface area contributed by atoms with Gasteiger partial charge < -0.3 is 14.2 Å². The lowest BCUT2D eigenvalue weighted by atomic mass is 9.90. The van der Waals surface area contributed by atoms with Crippen molar-refractivity contribution in [2.75, 3.05) is 0 Å². The first-order valence-corrected chi connectivity index (χ1v) is 8.31. The van der Waals surface area contributed by atoms with Crippen LogP contribution in [0.5, 0.6) is 0 Å². The Bertz CT molecular complexity index is 433. The Hall–Kier alpha value is -0.900. The van der Waals surface area contributed by atoms with Gasteiger partial charge in [-0.1, -0.05) is 58.0 Å². The van der Waals surface area contributed by atoms with E-state index in [-0.39, 0.29) is 18.3 Å². The van der Waals surface area contributed by atoms with Crippen molar-refractivity contribution in [1.82, 2.24) is 0 Å². The molecule has 3 nitrogen and oxygen atoms in total. The van der Waals surface area contributed by atoms with Crippen LogP contribution in [-0.4, -0.2) is 24.1 Å². The summed E-state index contributed by atoms with van der Waals surface area (Å²) in [5.74, 6) is 0.201. The molecular formula is C19H30O3. The fourth-order valence-electron chi connectivity index (χ4n) is 2.99. The van der Waals surface area contributed by atoms with Crippen LogP contribution >= 0.6 is 0 Å². The lowest BCUT2D eigenvalue weighted by Crippen LogP contribution is -2.58. The highest BCUT2D eigenvalue weighted by molar-refractivity contribution is 5.13. The van der Waals surface area contributed by atoms with Crippen molar-refractivity contribution in [1.29, 1.82) is 0 Å². The normalized spacial score (nSPS) is 28.3. The van der Waals surface area contributed by atoms with E-state index in [4.69, 9.17) is 14.2 Å². The van der Waals surface area contributed by atoms with Crippen molar-refractivity contribution >= 4 is 0 Å². The van der Waals surface area contributed by atoms with Crippen LogP contribution < -0.4 is 0 Å². The Morgan fingerprint density at radius 1 is 0.955 bits per heavy atom. The van der Waals surface area contributed by atoms with E-state index >= 15 is 0 Å². The second-order valence-corrected chi connectivity index (χ2v) is 7.31. The Kier molecular flexibility index (Phi) is 5.65. The van der Waals surface area contributed by atoms with Crippen LogP contribution in [0.4, 0.5) is 0 Å². The average molecular weight is 306 g/mol. The highest BCUT2D eigenvalue weighted by atomic mass is 16.7. The first kappa shape index (κ1) is 17.5. The Balaban J connectivity index is 2.15. The van der Waals surface area contributed by atoms with Crippen molar-refractivity contribution in [2.45, 2.75) is 72.2 Å². The van der Waals surface area contributed by atoms with E-state index in [1.807, 2.05) is 32.0 Å². The van der Waals surface area contributed by atoms with Gasteiger partial charge in [0.1, 0.15) is 6.10 Å². The maximum Gasteiger partial charge on any atom is 0.163 e. The van der Waals surface area contributed by atoms with E-state index in [9.17, 15) is 0 Å². The largest absolute Gasteiger partial charge is 0.368 e. The molecule has 3 heteroatoms. The topological polar surface area (TPSA) is 27.7 Å². The van der Waals surface area contributed by atoms with Gasteiger partial charge in [-0.05, 0) is 31.2 Å². The third-order valence-electron chi connectivity index (χ3n) is 4.09. The van der Waals surface area contributed by atoms with E-state index in [2.05, 4.69) is 39.8 Å². The predicted octanol–water partition coefficient (Wildman–Crippen LogP) is 4.40. The fourth-order valence-corrected chi connectivity index (χ4v) is 2.99. The highest BCUT2D eigenvalue weighted by Gasteiger charge is 2.46. The van der Waals surface area contributed by atoms with Crippen molar-refractivity contribution < 1.29 is 14.2 Å². The van der Waals surface area contributed by atoms with Gasteiger partial charge >= 0.3 is 0 Å². The van der Waals surface area contributed by atoms with Crippen molar-refractivity contribution in [3.05, 3.63) is 35.9 Å². The number of benzene rings is 1. The summed E-state index contributed by atoms with van der Waals surface area (Å²) in [6.45, 7) is 13.3. The molecule has 0 bridgehead atoms. The van der Waals surface area contributed by atoms with Gasteiger partial charge in [-0.25, -0.2) is 0 Å². The minimum atomic E-state index is -0.559. The summed E-state index contributed by atoms with van der Waals surface area (Å²) < 4.78 is 18.6. The van der Waals surface area contributed by atoms with E-state index in [0.717, 1.165) is 0 Å². The molecule has 0 aromatic heterocycles. The molecule has 1 aromatic rings. The SMILES string of the molecule is CC(C)[C@H]1OC(C)(C)O[C@@H](C(C)C)C1OCc1ccccc1. The van der Waals surface area contributed by atoms with Crippen LogP contribution in [0.1, 0.15) is 47.1 Å². The van der Waals surface area contributed by atoms with Gasteiger partial charge in [-0.2, -0.15) is 0 Å². The zero-order valence-corrected chi connectivity index (χ0v) is 14.7. The first-order chi connectivity index (χ1) is 10.3. The second-order valence-electron chi connectivity index (χ2n) is 7.31. The molecule has 1 aliphatic rings. The van der Waals surface area contributed by atoms with Gasteiger partial charge in [0.15, 0.2) is 5.79 Å². The number of ether oxygens (including phenoxy) is 3. The van der Waals surface area contributed by atoms with Crippen molar-refractivity contribution in [2.24, 2.45) is 11.8 Å². The molecule has 124 valence electrons. The summed E-state index contributed by atoms with van der Waals surface area (Å²) in [5, 5.41) is 0. The van der Waals surface area contributed by atoms with Crippen molar-refractivity contribution in [3.8, 4) is 0 Å². The minimum absolute atomic E-state index is 0.0415. The summed E-state index contributed by atoms with van der Waals surface area (Å²) in [4.78, 5) is 0. The molecule has 1 fully saturated rings. The standard InChI is InChI=1S/C19H30O3/c1-13(2)16-18(20-12-15-10-8-7-9-11-15)17(14(3)4)22-19(5,6)21-16/h7-11,13-14,16-18H,12H2,1-6H3/t16-,17+,18?. The lowest BCUT2D eigenvalue weighted by Gasteiger charge is -2.48. The summed E-state index contributed by atoms with van der Waals surface area (Å²) in [5.41, 5.74) is 1.18. The molecule has 0 radical (unpaired) electrons. The summed E-state index contributed by atoms with van der Waals surface area (Å²) in [6, 6.07) is 10.3. The van der Waals surface area contributed by atoms with Crippen molar-refractivity contribution in [3.63, 3.8) is 0 Å². The molecule has 1 aliphatic heterocycles. The van der Waals surface area contributed by atoms with E-state index in [0.29, 0.717) is 18.4 Å². The molecule has 0 spiro atoms. The number of rotatable bonds is 5. The predicted molar refractivity (Wildman–Crippen MR) is 88.5 cm³/mol. The van der Waals surface area contributed by atoms with Gasteiger partial charge in [0.05, 0.1) is 18.8 Å². The van der Waals surface area contributed by atoms with E-state index in [1.165, 1.54) is 5.56 Å². The summed E-state index contributed by atoms with van der Waals surface area (Å²) in [6.07, 6.45) is 0.0351. The van der Waals surface area contributed by atoms with Crippen LogP contribution in [0.2, 0.25) is 0 Å². The van der Waals surface area contributed by atoms with Crippen LogP contribution in [-0.2, 0) is 20.8 Å². The summed E-state index contributed by atoms with van der Waals surface area (Å²) in [7, 11) is 0. The number of hydrogen-bond donors (Lipinski definition) is 0. The highest BCUT2D eigenvalue weighted by Crippen LogP contribution is 2.35. The van der Waals surface area contributed by atoms with Crippen LogP contribution in [0.25, 0.3) is 0 Å². The molecule has 1 heterocycles. The Morgan fingerprint density at radius 3 is 1.91 bits per heavy atom. The van der Waals surface area contributed by atoms with Crippen LogP contribution in [0.15, 0.2) is 30.3 Å².